The monoisotopic (exact) mass is 702 g/mol. The fourth-order valence-electron chi connectivity index (χ4n) is 5.62. The molecule has 0 fully saturated rings. The van der Waals surface area contributed by atoms with Gasteiger partial charge in [0.1, 0.15) is 24.1 Å². The smallest absolute Gasteiger partial charge is 0.338 e. The van der Waals surface area contributed by atoms with E-state index in [0.717, 1.165) is 16.7 Å². The molecule has 5 rings (SSSR count). The molecule has 1 aliphatic rings. The van der Waals surface area contributed by atoms with Crippen molar-refractivity contribution in [2.45, 2.75) is 52.9 Å². The number of rotatable bonds is 13. The minimum Gasteiger partial charge on any atom is -0.497 e. The molecule has 4 aromatic rings. The van der Waals surface area contributed by atoms with Crippen LogP contribution in [-0.4, -0.2) is 37.5 Å². The van der Waals surface area contributed by atoms with Crippen LogP contribution in [-0.2, 0) is 22.6 Å². The van der Waals surface area contributed by atoms with E-state index in [1.165, 1.54) is 23.0 Å². The third-order valence-corrected chi connectivity index (χ3v) is 9.11. The number of hydrogen-bond acceptors (Lipinski definition) is 9. The van der Waals surface area contributed by atoms with Crippen LogP contribution in [0, 0.1) is 0 Å². The van der Waals surface area contributed by atoms with E-state index >= 15 is 0 Å². The highest BCUT2D eigenvalue weighted by molar-refractivity contribution is 7.07. The molecule has 0 aliphatic carbocycles. The molecule has 0 radical (unpaired) electrons. The van der Waals surface area contributed by atoms with Crippen LogP contribution in [0.5, 0.6) is 23.0 Å². The number of carbonyl (C=O) groups is 1. The number of hydrogen-bond donors (Lipinski definition) is 0. The minimum atomic E-state index is -0.884. The first kappa shape index (κ1) is 35.5. The fourth-order valence-corrected chi connectivity index (χ4v) is 6.86. The Bertz CT molecular complexity index is 2100. The van der Waals surface area contributed by atoms with Crippen molar-refractivity contribution >= 4 is 35.0 Å². The number of nitrogens with zero attached hydrogens (tertiary/aromatic N) is 2. The number of esters is 1. The Morgan fingerprint density at radius 2 is 1.84 bits per heavy atom. The summed E-state index contributed by atoms with van der Waals surface area (Å²) in [6.07, 6.45) is 3.69. The zero-order chi connectivity index (χ0) is 35.2. The number of thiazole rings is 1. The predicted molar refractivity (Wildman–Crippen MR) is 192 cm³/mol. The maximum atomic E-state index is 14.4. The zero-order valence-corrected chi connectivity index (χ0v) is 29.9. The van der Waals surface area contributed by atoms with E-state index in [1.54, 1.807) is 58.2 Å². The summed E-state index contributed by atoms with van der Waals surface area (Å²) in [6.45, 7) is 11.8. The highest BCUT2D eigenvalue weighted by atomic mass is 35.5. The Morgan fingerprint density at radius 1 is 1.06 bits per heavy atom. The van der Waals surface area contributed by atoms with Crippen molar-refractivity contribution in [3.8, 4) is 23.0 Å². The average Bonchev–Trinajstić information content (AvgIpc) is 3.37. The van der Waals surface area contributed by atoms with Crippen molar-refractivity contribution in [2.24, 2.45) is 4.99 Å². The number of carbonyl (C=O) groups excluding carboxylic acids is 1. The molecule has 0 spiro atoms. The Hall–Kier alpha value is -4.80. The number of benzene rings is 3. The van der Waals surface area contributed by atoms with Gasteiger partial charge in [0.15, 0.2) is 16.3 Å². The average molecular weight is 703 g/mol. The molecule has 0 saturated carbocycles. The Kier molecular flexibility index (Phi) is 11.3. The Morgan fingerprint density at radius 3 is 2.51 bits per heavy atom. The number of allylic oxidation sites excluding steroid dienone is 2. The summed E-state index contributed by atoms with van der Waals surface area (Å²) >= 11 is 7.62. The largest absolute Gasteiger partial charge is 0.497 e. The molecule has 0 N–H and O–H groups in total. The number of fused-ring (bicyclic) bond motifs is 1. The molecule has 11 heteroatoms. The van der Waals surface area contributed by atoms with Gasteiger partial charge < -0.3 is 23.7 Å². The molecule has 1 atom stereocenters. The second-order valence-electron chi connectivity index (χ2n) is 11.5. The number of methoxy groups -OCH3 is 2. The minimum absolute atomic E-state index is 0.242. The van der Waals surface area contributed by atoms with Crippen LogP contribution >= 0.6 is 22.9 Å². The van der Waals surface area contributed by atoms with E-state index in [1.807, 2.05) is 43.3 Å². The first-order valence-electron chi connectivity index (χ1n) is 15.8. The maximum Gasteiger partial charge on any atom is 0.338 e. The summed E-state index contributed by atoms with van der Waals surface area (Å²) in [6, 6.07) is 15.7. The van der Waals surface area contributed by atoms with Crippen LogP contribution in [0.3, 0.4) is 0 Å². The van der Waals surface area contributed by atoms with Gasteiger partial charge in [-0.25, -0.2) is 9.79 Å². The highest BCUT2D eigenvalue weighted by Gasteiger charge is 2.36. The lowest BCUT2D eigenvalue weighted by Crippen LogP contribution is -2.40. The number of ether oxygens (including phenoxy) is 5. The quantitative estimate of drug-likeness (QED) is 0.115. The maximum absolute atomic E-state index is 14.4. The molecule has 49 heavy (non-hydrogen) atoms. The van der Waals surface area contributed by atoms with E-state index in [4.69, 9.17) is 40.3 Å². The topological polar surface area (TPSA) is 97.6 Å². The van der Waals surface area contributed by atoms with Crippen LogP contribution in [0.15, 0.2) is 88.3 Å². The number of halogens is 1. The normalized spacial score (nSPS) is 14.3. The lowest BCUT2D eigenvalue weighted by Gasteiger charge is -2.26. The van der Waals surface area contributed by atoms with Crippen LogP contribution in [0.2, 0.25) is 5.02 Å². The van der Waals surface area contributed by atoms with Crippen molar-refractivity contribution in [2.75, 3.05) is 20.8 Å². The lowest BCUT2D eigenvalue weighted by molar-refractivity contribution is -0.143. The van der Waals surface area contributed by atoms with Crippen molar-refractivity contribution in [1.82, 2.24) is 4.57 Å². The molecular weight excluding hydrogens is 664 g/mol. The van der Waals surface area contributed by atoms with E-state index in [2.05, 4.69) is 6.58 Å². The van der Waals surface area contributed by atoms with E-state index in [9.17, 15) is 9.59 Å². The summed E-state index contributed by atoms with van der Waals surface area (Å²) in [7, 11) is 3.09. The molecular formula is C38H39ClN2O7S. The van der Waals surface area contributed by atoms with Crippen molar-refractivity contribution < 1.29 is 28.5 Å². The summed E-state index contributed by atoms with van der Waals surface area (Å²) in [5, 5.41) is 0.610. The molecule has 1 aliphatic heterocycles. The summed E-state index contributed by atoms with van der Waals surface area (Å²) in [5.41, 5.74) is 3.32. The van der Waals surface area contributed by atoms with E-state index in [-0.39, 0.29) is 23.8 Å². The van der Waals surface area contributed by atoms with Gasteiger partial charge in [-0.1, -0.05) is 47.2 Å². The van der Waals surface area contributed by atoms with Gasteiger partial charge in [0.05, 0.1) is 42.7 Å². The van der Waals surface area contributed by atoms with E-state index in [0.29, 0.717) is 61.6 Å². The van der Waals surface area contributed by atoms with Crippen LogP contribution in [0.1, 0.15) is 56.0 Å². The molecule has 0 saturated heterocycles. The van der Waals surface area contributed by atoms with Crippen LogP contribution in [0.4, 0.5) is 0 Å². The van der Waals surface area contributed by atoms with E-state index < -0.39 is 12.0 Å². The number of aromatic nitrogens is 1. The van der Waals surface area contributed by atoms with Crippen LogP contribution < -0.4 is 33.8 Å². The third-order valence-electron chi connectivity index (χ3n) is 7.76. The first-order valence-corrected chi connectivity index (χ1v) is 17.0. The fraction of sp³-hybridized carbons (Fsp3) is 0.289. The second-order valence-corrected chi connectivity index (χ2v) is 12.9. The van der Waals surface area contributed by atoms with Gasteiger partial charge in [0, 0.05) is 21.7 Å². The first-order chi connectivity index (χ1) is 23.6. The van der Waals surface area contributed by atoms with Gasteiger partial charge in [-0.05, 0) is 82.2 Å². The van der Waals surface area contributed by atoms with Gasteiger partial charge in [0.25, 0.3) is 5.56 Å². The molecule has 0 unspecified atom stereocenters. The zero-order valence-electron chi connectivity index (χ0n) is 28.4. The van der Waals surface area contributed by atoms with Crippen molar-refractivity contribution in [3.63, 3.8) is 0 Å². The molecule has 0 amide bonds. The third kappa shape index (κ3) is 7.60. The van der Waals surface area contributed by atoms with Gasteiger partial charge in [-0.15, -0.1) is 6.58 Å². The van der Waals surface area contributed by atoms with Crippen LogP contribution in [0.25, 0.3) is 6.08 Å². The summed E-state index contributed by atoms with van der Waals surface area (Å²) in [5.74, 6) is 1.56. The standard InChI is InChI=1S/C38H39ClN2O7S/c1-8-12-25-17-24(18-31(46-9-2)35(25)47-21-26-13-10-11-14-29(26)39)19-32-36(42)41-34(28-20-27(44-6)15-16-30(28)45-7)33(37(43)48-22(3)4)23(5)40-38(41)49-32/h8,10-11,13-20,22,34H,1,9,12,21H2,2-7H3/b32-19-/t34-/m0/s1. The SMILES string of the molecule is C=CCc1cc(/C=c2\sc3n(c2=O)[C@@H](c2cc(OC)ccc2OC)C(C(=O)OC(C)C)=C(C)N=3)cc(OCC)c1OCc1ccccc1Cl. The lowest BCUT2D eigenvalue weighted by atomic mass is 9.94. The molecule has 1 aromatic heterocycles. The Balaban J connectivity index is 1.68. The molecule has 2 heterocycles. The van der Waals surface area contributed by atoms with Crippen molar-refractivity contribution in [3.05, 3.63) is 125 Å². The van der Waals surface area contributed by atoms with Gasteiger partial charge in [0.2, 0.25) is 0 Å². The van der Waals surface area contributed by atoms with Gasteiger partial charge >= 0.3 is 5.97 Å². The molecule has 3 aromatic carbocycles. The summed E-state index contributed by atoms with van der Waals surface area (Å²) in [4.78, 5) is 33.1. The highest BCUT2D eigenvalue weighted by Crippen LogP contribution is 2.38. The second kappa shape index (κ2) is 15.6. The van der Waals surface area contributed by atoms with Gasteiger partial charge in [-0.2, -0.15) is 0 Å². The predicted octanol–water partition coefficient (Wildman–Crippen LogP) is 6.56. The summed E-state index contributed by atoms with van der Waals surface area (Å²) < 4.78 is 31.2. The molecule has 256 valence electrons. The Labute approximate surface area is 294 Å². The molecule has 0 bridgehead atoms. The van der Waals surface area contributed by atoms with Crippen molar-refractivity contribution in [1.29, 1.82) is 0 Å². The van der Waals surface area contributed by atoms with Gasteiger partial charge in [-0.3, -0.25) is 9.36 Å². The molecule has 9 nitrogen and oxygen atoms in total.